The Hall–Kier alpha value is -1.63. The fourth-order valence-corrected chi connectivity index (χ4v) is 3.00. The SMILES string of the molecule is CCCCCCCCCCN[C@H](c1nnc(NC(=O)NCC)o1)C(C)CC. The number of rotatable bonds is 15. The van der Waals surface area contributed by atoms with Crippen molar-refractivity contribution in [3.05, 3.63) is 5.89 Å². The van der Waals surface area contributed by atoms with Crippen LogP contribution in [0.15, 0.2) is 4.42 Å². The number of urea groups is 1. The minimum atomic E-state index is -0.334. The summed E-state index contributed by atoms with van der Waals surface area (Å²) >= 11 is 0. The van der Waals surface area contributed by atoms with Gasteiger partial charge in [-0.1, -0.05) is 77.2 Å². The molecule has 1 heterocycles. The highest BCUT2D eigenvalue weighted by molar-refractivity contribution is 5.86. The Balaban J connectivity index is 2.39. The molecule has 3 N–H and O–H groups in total. The van der Waals surface area contributed by atoms with Gasteiger partial charge in [-0.2, -0.15) is 0 Å². The lowest BCUT2D eigenvalue weighted by Crippen LogP contribution is -2.28. The molecular formula is C20H39N5O2. The molecule has 27 heavy (non-hydrogen) atoms. The fourth-order valence-electron chi connectivity index (χ4n) is 3.00. The van der Waals surface area contributed by atoms with Crippen LogP contribution in [0.4, 0.5) is 10.8 Å². The summed E-state index contributed by atoms with van der Waals surface area (Å²) in [6.45, 7) is 9.91. The quantitative estimate of drug-likeness (QED) is 0.371. The molecule has 0 saturated heterocycles. The highest BCUT2D eigenvalue weighted by Gasteiger charge is 2.23. The van der Waals surface area contributed by atoms with E-state index in [0.717, 1.165) is 19.4 Å². The molecule has 0 saturated carbocycles. The lowest BCUT2D eigenvalue weighted by Gasteiger charge is -2.21. The Kier molecular flexibility index (Phi) is 12.5. The van der Waals surface area contributed by atoms with E-state index in [-0.39, 0.29) is 18.1 Å². The Morgan fingerprint density at radius 3 is 2.30 bits per heavy atom. The predicted molar refractivity (Wildman–Crippen MR) is 110 cm³/mol. The van der Waals surface area contributed by atoms with Crippen molar-refractivity contribution < 1.29 is 9.21 Å². The number of nitrogens with zero attached hydrogens (tertiary/aromatic N) is 2. The summed E-state index contributed by atoms with van der Waals surface area (Å²) in [6.07, 6.45) is 11.5. The maximum Gasteiger partial charge on any atom is 0.323 e. The van der Waals surface area contributed by atoms with Gasteiger partial charge in [0.05, 0.1) is 6.04 Å². The highest BCUT2D eigenvalue weighted by Crippen LogP contribution is 2.24. The van der Waals surface area contributed by atoms with Gasteiger partial charge in [-0.3, -0.25) is 5.32 Å². The van der Waals surface area contributed by atoms with Crippen molar-refractivity contribution in [3.63, 3.8) is 0 Å². The van der Waals surface area contributed by atoms with E-state index in [1.165, 1.54) is 44.9 Å². The molecule has 0 spiro atoms. The Bertz CT molecular complexity index is 506. The predicted octanol–water partition coefficient (Wildman–Crippen LogP) is 5.03. The average Bonchev–Trinajstić information content (AvgIpc) is 3.11. The number of carbonyl (C=O) groups excluding carboxylic acids is 1. The summed E-state index contributed by atoms with van der Waals surface area (Å²) < 4.78 is 5.66. The van der Waals surface area contributed by atoms with Crippen LogP contribution in [0.2, 0.25) is 0 Å². The first-order valence-corrected chi connectivity index (χ1v) is 10.7. The molecule has 0 fully saturated rings. The first-order chi connectivity index (χ1) is 13.1. The van der Waals surface area contributed by atoms with Gasteiger partial charge in [-0.15, -0.1) is 5.10 Å². The molecule has 0 aliphatic rings. The van der Waals surface area contributed by atoms with Crippen LogP contribution in [-0.2, 0) is 0 Å². The summed E-state index contributed by atoms with van der Waals surface area (Å²) in [7, 11) is 0. The number of hydrogen-bond acceptors (Lipinski definition) is 5. The van der Waals surface area contributed by atoms with Gasteiger partial charge in [0.2, 0.25) is 5.89 Å². The number of amides is 2. The van der Waals surface area contributed by atoms with E-state index >= 15 is 0 Å². The topological polar surface area (TPSA) is 92.1 Å². The molecular weight excluding hydrogens is 342 g/mol. The molecule has 2 amide bonds. The van der Waals surface area contributed by atoms with Crippen molar-refractivity contribution in [2.45, 2.75) is 91.5 Å². The molecule has 156 valence electrons. The smallest absolute Gasteiger partial charge is 0.323 e. The highest BCUT2D eigenvalue weighted by atomic mass is 16.4. The van der Waals surface area contributed by atoms with Crippen LogP contribution in [0.25, 0.3) is 0 Å². The Labute approximate surface area is 164 Å². The van der Waals surface area contributed by atoms with Gasteiger partial charge in [0.15, 0.2) is 0 Å². The lowest BCUT2D eigenvalue weighted by molar-refractivity contribution is 0.251. The third kappa shape index (κ3) is 9.75. The molecule has 1 aromatic heterocycles. The van der Waals surface area contributed by atoms with E-state index in [1.807, 2.05) is 6.92 Å². The Morgan fingerprint density at radius 2 is 1.67 bits per heavy atom. The lowest BCUT2D eigenvalue weighted by atomic mass is 9.99. The minimum absolute atomic E-state index is 0.0110. The second kappa shape index (κ2) is 14.4. The zero-order valence-electron chi connectivity index (χ0n) is 17.6. The van der Waals surface area contributed by atoms with Crippen molar-refractivity contribution in [1.82, 2.24) is 20.8 Å². The molecule has 0 aliphatic carbocycles. The van der Waals surface area contributed by atoms with Crippen molar-refractivity contribution in [2.24, 2.45) is 5.92 Å². The van der Waals surface area contributed by atoms with Gasteiger partial charge in [0, 0.05) is 6.54 Å². The largest absolute Gasteiger partial charge is 0.406 e. The molecule has 0 radical (unpaired) electrons. The first kappa shape index (κ1) is 23.4. The monoisotopic (exact) mass is 381 g/mol. The summed E-state index contributed by atoms with van der Waals surface area (Å²) in [6, 6.07) is -0.186. The molecule has 2 atom stereocenters. The van der Waals surface area contributed by atoms with Crippen LogP contribution < -0.4 is 16.0 Å². The van der Waals surface area contributed by atoms with Crippen LogP contribution in [-0.4, -0.2) is 29.3 Å². The van der Waals surface area contributed by atoms with Crippen LogP contribution in [0.1, 0.15) is 97.4 Å². The summed E-state index contributed by atoms with van der Waals surface area (Å²) in [4.78, 5) is 11.6. The van der Waals surface area contributed by atoms with Crippen molar-refractivity contribution in [3.8, 4) is 0 Å². The molecule has 1 rings (SSSR count). The normalized spacial score (nSPS) is 13.3. The zero-order valence-corrected chi connectivity index (χ0v) is 17.6. The van der Waals surface area contributed by atoms with Gasteiger partial charge in [0.25, 0.3) is 0 Å². The number of unbranched alkanes of at least 4 members (excludes halogenated alkanes) is 7. The second-order valence-electron chi connectivity index (χ2n) is 7.22. The Morgan fingerprint density at radius 1 is 1.00 bits per heavy atom. The number of hydrogen-bond donors (Lipinski definition) is 3. The van der Waals surface area contributed by atoms with Gasteiger partial charge >= 0.3 is 12.0 Å². The van der Waals surface area contributed by atoms with Crippen molar-refractivity contribution in [2.75, 3.05) is 18.4 Å². The standard InChI is InChI=1S/C20H39N5O2/c1-5-8-9-10-11-12-13-14-15-22-17(16(4)6-2)18-24-25-20(27-18)23-19(26)21-7-3/h16-17,22H,5-15H2,1-4H3,(H2,21,23,25,26)/t16?,17-/m0/s1. The second-order valence-corrected chi connectivity index (χ2v) is 7.22. The first-order valence-electron chi connectivity index (χ1n) is 10.7. The van der Waals surface area contributed by atoms with Crippen LogP contribution in [0.3, 0.4) is 0 Å². The van der Waals surface area contributed by atoms with Gasteiger partial charge < -0.3 is 15.1 Å². The minimum Gasteiger partial charge on any atom is -0.406 e. The van der Waals surface area contributed by atoms with E-state index in [4.69, 9.17) is 4.42 Å². The molecule has 1 unspecified atom stereocenters. The average molecular weight is 382 g/mol. The maximum absolute atomic E-state index is 11.6. The van der Waals surface area contributed by atoms with Crippen LogP contribution in [0.5, 0.6) is 0 Å². The summed E-state index contributed by atoms with van der Waals surface area (Å²) in [5, 5.41) is 16.8. The molecule has 7 heteroatoms. The van der Waals surface area contributed by atoms with E-state index < -0.39 is 0 Å². The zero-order chi connectivity index (χ0) is 19.9. The molecule has 0 aliphatic heterocycles. The van der Waals surface area contributed by atoms with E-state index in [9.17, 15) is 4.79 Å². The molecule has 0 bridgehead atoms. The summed E-state index contributed by atoms with van der Waals surface area (Å²) in [5.41, 5.74) is 0. The molecule has 0 aromatic carbocycles. The fraction of sp³-hybridized carbons (Fsp3) is 0.850. The number of carbonyl (C=O) groups is 1. The van der Waals surface area contributed by atoms with Crippen molar-refractivity contribution in [1.29, 1.82) is 0 Å². The van der Waals surface area contributed by atoms with E-state index in [1.54, 1.807) is 0 Å². The number of anilines is 1. The third-order valence-electron chi connectivity index (χ3n) is 4.87. The maximum atomic E-state index is 11.6. The van der Waals surface area contributed by atoms with Crippen LogP contribution in [0, 0.1) is 5.92 Å². The number of nitrogens with one attached hydrogen (secondary N) is 3. The van der Waals surface area contributed by atoms with E-state index in [0.29, 0.717) is 18.4 Å². The van der Waals surface area contributed by atoms with Crippen molar-refractivity contribution >= 4 is 12.0 Å². The van der Waals surface area contributed by atoms with Gasteiger partial charge in [-0.05, 0) is 25.8 Å². The number of aromatic nitrogens is 2. The van der Waals surface area contributed by atoms with Gasteiger partial charge in [-0.25, -0.2) is 4.79 Å². The molecule has 1 aromatic rings. The van der Waals surface area contributed by atoms with E-state index in [2.05, 4.69) is 46.9 Å². The van der Waals surface area contributed by atoms with Crippen LogP contribution >= 0.6 is 0 Å². The third-order valence-corrected chi connectivity index (χ3v) is 4.87. The summed E-state index contributed by atoms with van der Waals surface area (Å²) in [5.74, 6) is 0.910. The van der Waals surface area contributed by atoms with Gasteiger partial charge in [0.1, 0.15) is 0 Å². The molecule has 7 nitrogen and oxygen atoms in total.